The van der Waals surface area contributed by atoms with Gasteiger partial charge in [0.15, 0.2) is 5.78 Å². The first kappa shape index (κ1) is 11.6. The number of Topliss-reactive ketones (excluding diaryl/α,β-unsaturated/α-hetero) is 1. The minimum atomic E-state index is -0.442. The number of nitrogens with zero attached hydrogens (tertiary/aromatic N) is 1. The molecule has 1 aromatic carbocycles. The molecule has 2 amide bonds. The number of ketones is 1. The van der Waals surface area contributed by atoms with Crippen LogP contribution in [0.4, 0.5) is 0 Å². The van der Waals surface area contributed by atoms with E-state index < -0.39 is 17.8 Å². The minimum absolute atomic E-state index is 0.104. The number of carbonyl (C=O) groups is 3. The summed E-state index contributed by atoms with van der Waals surface area (Å²) in [5.74, 6) is -1.83. The van der Waals surface area contributed by atoms with Crippen molar-refractivity contribution in [2.75, 3.05) is 7.05 Å². The molecule has 1 aliphatic carbocycles. The molecule has 0 bridgehead atoms. The Labute approximate surface area is 112 Å². The third kappa shape index (κ3) is 1.47. The summed E-state index contributed by atoms with van der Waals surface area (Å²) >= 11 is 3.30. The van der Waals surface area contributed by atoms with Crippen LogP contribution in [0.1, 0.15) is 10.4 Å². The van der Waals surface area contributed by atoms with E-state index in [-0.39, 0.29) is 17.6 Å². The van der Waals surface area contributed by atoms with Gasteiger partial charge >= 0.3 is 0 Å². The van der Waals surface area contributed by atoms with Gasteiger partial charge in [0.2, 0.25) is 11.8 Å². The molecule has 1 saturated heterocycles. The van der Waals surface area contributed by atoms with Gasteiger partial charge in [0.25, 0.3) is 0 Å². The minimum Gasteiger partial charge on any atom is -0.294 e. The Hall–Kier alpha value is -1.49. The lowest BCUT2D eigenvalue weighted by molar-refractivity contribution is -0.140. The molecule has 18 heavy (non-hydrogen) atoms. The lowest BCUT2D eigenvalue weighted by Gasteiger charge is -2.11. The van der Waals surface area contributed by atoms with E-state index in [4.69, 9.17) is 0 Å². The molecule has 3 atom stereocenters. The molecule has 1 aliphatic heterocycles. The smallest absolute Gasteiger partial charge is 0.233 e. The van der Waals surface area contributed by atoms with Crippen molar-refractivity contribution in [3.8, 4) is 0 Å². The number of rotatable bonds is 2. The van der Waals surface area contributed by atoms with Crippen molar-refractivity contribution in [1.29, 1.82) is 0 Å². The van der Waals surface area contributed by atoms with Crippen LogP contribution in [0.2, 0.25) is 0 Å². The zero-order chi connectivity index (χ0) is 13.0. The predicted molar refractivity (Wildman–Crippen MR) is 66.7 cm³/mol. The van der Waals surface area contributed by atoms with E-state index in [1.807, 2.05) is 0 Å². The summed E-state index contributed by atoms with van der Waals surface area (Å²) in [5, 5.41) is 0. The summed E-state index contributed by atoms with van der Waals surface area (Å²) < 4.78 is 0.891. The molecule has 3 rings (SSSR count). The standard InChI is InChI=1S/C13H10BrNO3/c1-15-12(17)9-8(10(9)13(15)18)11(16)6-2-4-7(14)5-3-6/h2-5,8-10H,1H3/t8?,9-,10+. The highest BCUT2D eigenvalue weighted by molar-refractivity contribution is 9.10. The van der Waals surface area contributed by atoms with Gasteiger partial charge in [-0.15, -0.1) is 0 Å². The molecule has 92 valence electrons. The topological polar surface area (TPSA) is 54.5 Å². The fourth-order valence-corrected chi connectivity index (χ4v) is 2.88. The van der Waals surface area contributed by atoms with Gasteiger partial charge in [0.05, 0.1) is 11.8 Å². The number of likely N-dealkylation sites (tertiary alicyclic amines) is 1. The molecular weight excluding hydrogens is 298 g/mol. The molecule has 0 N–H and O–H groups in total. The highest BCUT2D eigenvalue weighted by Crippen LogP contribution is 2.54. The maximum absolute atomic E-state index is 12.2. The maximum atomic E-state index is 12.2. The number of imide groups is 1. The molecule has 1 unspecified atom stereocenters. The Bertz CT molecular complexity index is 544. The summed E-state index contributed by atoms with van der Waals surface area (Å²) in [4.78, 5) is 36.7. The van der Waals surface area contributed by atoms with Crippen LogP contribution in [-0.2, 0) is 9.59 Å². The van der Waals surface area contributed by atoms with E-state index in [0.717, 1.165) is 9.37 Å². The summed E-state index contributed by atoms with van der Waals surface area (Å²) in [7, 11) is 1.47. The Kier molecular flexibility index (Phi) is 2.41. The molecule has 5 heteroatoms. The molecule has 0 radical (unpaired) electrons. The molecular formula is C13H10BrNO3. The van der Waals surface area contributed by atoms with Gasteiger partial charge in [-0.25, -0.2) is 0 Å². The van der Waals surface area contributed by atoms with Crippen LogP contribution in [0.5, 0.6) is 0 Å². The number of benzene rings is 1. The molecule has 0 spiro atoms. The van der Waals surface area contributed by atoms with E-state index in [9.17, 15) is 14.4 Å². The first-order valence-corrected chi connectivity index (χ1v) is 6.43. The first-order chi connectivity index (χ1) is 8.52. The highest BCUT2D eigenvalue weighted by Gasteiger charge is 2.69. The number of amides is 2. The first-order valence-electron chi connectivity index (χ1n) is 5.63. The average molecular weight is 308 g/mol. The molecule has 2 aliphatic rings. The van der Waals surface area contributed by atoms with E-state index in [0.29, 0.717) is 5.56 Å². The monoisotopic (exact) mass is 307 g/mol. The van der Waals surface area contributed by atoms with Gasteiger partial charge in [-0.05, 0) is 12.1 Å². The van der Waals surface area contributed by atoms with Gasteiger partial charge in [0.1, 0.15) is 0 Å². The zero-order valence-electron chi connectivity index (χ0n) is 9.59. The van der Waals surface area contributed by atoms with Crippen LogP contribution >= 0.6 is 15.9 Å². The molecule has 0 aromatic heterocycles. The Morgan fingerprint density at radius 3 is 2.11 bits per heavy atom. The van der Waals surface area contributed by atoms with Crippen molar-refractivity contribution < 1.29 is 14.4 Å². The summed E-state index contributed by atoms with van der Waals surface area (Å²) in [5.41, 5.74) is 0.556. The molecule has 1 aromatic rings. The SMILES string of the molecule is CN1C(=O)[C@@H]2C(C(=O)c3ccc(Br)cc3)[C@@H]2C1=O. The number of fused-ring (bicyclic) bond motifs is 1. The lowest BCUT2D eigenvalue weighted by atomic mass is 10.0. The van der Waals surface area contributed by atoms with Crippen molar-refractivity contribution in [1.82, 2.24) is 4.90 Å². The molecule has 1 saturated carbocycles. The van der Waals surface area contributed by atoms with E-state index in [2.05, 4.69) is 15.9 Å². The molecule has 1 heterocycles. The quantitative estimate of drug-likeness (QED) is 0.614. The van der Waals surface area contributed by atoms with Crippen molar-refractivity contribution in [3.05, 3.63) is 34.3 Å². The Morgan fingerprint density at radius 1 is 1.11 bits per heavy atom. The van der Waals surface area contributed by atoms with E-state index in [1.165, 1.54) is 7.05 Å². The van der Waals surface area contributed by atoms with E-state index >= 15 is 0 Å². The normalized spacial score (nSPS) is 29.4. The summed E-state index contributed by atoms with van der Waals surface area (Å²) in [6.07, 6.45) is 0. The van der Waals surface area contributed by atoms with Crippen LogP contribution in [0, 0.1) is 17.8 Å². The molecule has 2 fully saturated rings. The maximum Gasteiger partial charge on any atom is 0.233 e. The van der Waals surface area contributed by atoms with Crippen LogP contribution in [0.3, 0.4) is 0 Å². The summed E-state index contributed by atoms with van der Waals surface area (Å²) in [6.45, 7) is 0. The average Bonchev–Trinajstić information content (AvgIpc) is 3.06. The third-order valence-electron chi connectivity index (χ3n) is 3.68. The van der Waals surface area contributed by atoms with Gasteiger partial charge < -0.3 is 0 Å². The largest absolute Gasteiger partial charge is 0.294 e. The van der Waals surface area contributed by atoms with Crippen LogP contribution in [-0.4, -0.2) is 29.5 Å². The Morgan fingerprint density at radius 2 is 1.61 bits per heavy atom. The van der Waals surface area contributed by atoms with Crippen LogP contribution in [0.15, 0.2) is 28.7 Å². The Balaban J connectivity index is 1.83. The van der Waals surface area contributed by atoms with Gasteiger partial charge in [-0.2, -0.15) is 0 Å². The number of hydrogen-bond donors (Lipinski definition) is 0. The van der Waals surface area contributed by atoms with Crippen LogP contribution in [0.25, 0.3) is 0 Å². The lowest BCUT2D eigenvalue weighted by Crippen LogP contribution is -2.32. The summed E-state index contributed by atoms with van der Waals surface area (Å²) in [6, 6.07) is 6.97. The zero-order valence-corrected chi connectivity index (χ0v) is 11.2. The second-order valence-electron chi connectivity index (χ2n) is 4.68. The second-order valence-corrected chi connectivity index (χ2v) is 5.60. The van der Waals surface area contributed by atoms with Gasteiger partial charge in [-0.1, -0.05) is 28.1 Å². The van der Waals surface area contributed by atoms with Crippen LogP contribution < -0.4 is 0 Å². The van der Waals surface area contributed by atoms with Crippen molar-refractivity contribution >= 4 is 33.5 Å². The fourth-order valence-electron chi connectivity index (χ4n) is 2.61. The third-order valence-corrected chi connectivity index (χ3v) is 4.21. The number of halogens is 1. The fraction of sp³-hybridized carbons (Fsp3) is 0.308. The second kappa shape index (κ2) is 3.75. The van der Waals surface area contributed by atoms with E-state index in [1.54, 1.807) is 24.3 Å². The van der Waals surface area contributed by atoms with Crippen molar-refractivity contribution in [2.24, 2.45) is 17.8 Å². The number of hydrogen-bond acceptors (Lipinski definition) is 3. The highest BCUT2D eigenvalue weighted by atomic mass is 79.9. The predicted octanol–water partition coefficient (Wildman–Crippen LogP) is 1.49. The van der Waals surface area contributed by atoms with Crippen molar-refractivity contribution in [2.45, 2.75) is 0 Å². The van der Waals surface area contributed by atoms with Gasteiger partial charge in [0, 0.05) is 23.0 Å². The van der Waals surface area contributed by atoms with Crippen molar-refractivity contribution in [3.63, 3.8) is 0 Å². The number of piperidine rings is 1. The molecule has 4 nitrogen and oxygen atoms in total. The number of carbonyl (C=O) groups excluding carboxylic acids is 3. The van der Waals surface area contributed by atoms with Gasteiger partial charge in [-0.3, -0.25) is 19.3 Å².